The second-order valence-electron chi connectivity index (χ2n) is 5.88. The molecule has 1 amide bonds. The number of carbonyl (C=O) groups excluding carboxylic acids is 1. The second kappa shape index (κ2) is 6.03. The Hall–Kier alpha value is -2.77. The normalized spacial score (nSPS) is 16.1. The number of aryl methyl sites for hydroxylation is 1. The molecular formula is C16H16FN3O4. The lowest BCUT2D eigenvalue weighted by molar-refractivity contribution is 0.0695. The monoisotopic (exact) mass is 333 g/mol. The van der Waals surface area contributed by atoms with Crippen molar-refractivity contribution >= 4 is 11.9 Å². The van der Waals surface area contributed by atoms with Gasteiger partial charge in [-0.15, -0.1) is 0 Å². The van der Waals surface area contributed by atoms with E-state index in [0.717, 1.165) is 25.0 Å². The summed E-state index contributed by atoms with van der Waals surface area (Å²) < 4.78 is 19.1. The van der Waals surface area contributed by atoms with Crippen molar-refractivity contribution in [2.45, 2.75) is 38.1 Å². The van der Waals surface area contributed by atoms with Crippen molar-refractivity contribution in [1.29, 1.82) is 0 Å². The van der Waals surface area contributed by atoms with Crippen molar-refractivity contribution in [1.82, 2.24) is 15.5 Å². The van der Waals surface area contributed by atoms with E-state index in [0.29, 0.717) is 24.6 Å². The molecule has 0 radical (unpaired) electrons. The molecule has 1 aliphatic carbocycles. The van der Waals surface area contributed by atoms with Gasteiger partial charge < -0.3 is 14.9 Å². The maximum absolute atomic E-state index is 14.1. The number of aromatic nitrogens is 2. The highest BCUT2D eigenvalue weighted by Gasteiger charge is 2.41. The molecular weight excluding hydrogens is 317 g/mol. The molecule has 0 spiro atoms. The topological polar surface area (TPSA) is 105 Å². The van der Waals surface area contributed by atoms with Crippen molar-refractivity contribution in [2.75, 3.05) is 0 Å². The maximum atomic E-state index is 14.1. The standard InChI is InChI=1S/C16H16FN3O4/c1-9-18-15(20-24-9)16(6-2-3-7-16)19-13(21)11-5-4-10(14(22)23)8-12(11)17/h4-5,8H,2-3,6-7H2,1H3,(H,19,21)(H,22,23). The first-order valence-electron chi connectivity index (χ1n) is 7.57. The van der Waals surface area contributed by atoms with Gasteiger partial charge in [0.1, 0.15) is 11.4 Å². The quantitative estimate of drug-likeness (QED) is 0.890. The molecule has 1 saturated carbocycles. The number of nitrogens with zero attached hydrogens (tertiary/aromatic N) is 2. The van der Waals surface area contributed by atoms with Crippen LogP contribution in [0.2, 0.25) is 0 Å². The third kappa shape index (κ3) is 2.86. The molecule has 0 saturated heterocycles. The van der Waals surface area contributed by atoms with Gasteiger partial charge in [0.15, 0.2) is 5.82 Å². The first kappa shape index (κ1) is 16.1. The molecule has 8 heteroatoms. The third-order valence-electron chi connectivity index (χ3n) is 4.23. The minimum atomic E-state index is -1.25. The molecule has 1 aliphatic rings. The summed E-state index contributed by atoms with van der Waals surface area (Å²) in [6, 6.07) is 3.19. The van der Waals surface area contributed by atoms with Crippen LogP contribution in [0.3, 0.4) is 0 Å². The summed E-state index contributed by atoms with van der Waals surface area (Å²) in [5.41, 5.74) is -1.22. The Labute approximate surface area is 136 Å². The van der Waals surface area contributed by atoms with E-state index in [9.17, 15) is 14.0 Å². The Morgan fingerprint density at radius 2 is 2.04 bits per heavy atom. The molecule has 0 unspecified atom stereocenters. The van der Waals surface area contributed by atoms with Crippen LogP contribution in [0.15, 0.2) is 22.7 Å². The molecule has 24 heavy (non-hydrogen) atoms. The molecule has 1 heterocycles. The van der Waals surface area contributed by atoms with Crippen LogP contribution < -0.4 is 5.32 Å². The highest BCUT2D eigenvalue weighted by molar-refractivity contribution is 5.96. The molecule has 7 nitrogen and oxygen atoms in total. The zero-order valence-corrected chi connectivity index (χ0v) is 13.0. The number of amides is 1. The number of carboxylic acids is 1. The molecule has 3 rings (SSSR count). The molecule has 2 N–H and O–H groups in total. The first-order chi connectivity index (χ1) is 11.4. The number of aromatic carboxylic acids is 1. The Morgan fingerprint density at radius 1 is 1.33 bits per heavy atom. The Balaban J connectivity index is 1.88. The van der Waals surface area contributed by atoms with Crippen molar-refractivity contribution in [3.63, 3.8) is 0 Å². The van der Waals surface area contributed by atoms with Gasteiger partial charge in [-0.25, -0.2) is 9.18 Å². The number of halogens is 1. The van der Waals surface area contributed by atoms with Crippen LogP contribution in [0.1, 0.15) is 58.1 Å². The van der Waals surface area contributed by atoms with E-state index in [4.69, 9.17) is 9.63 Å². The number of hydrogen-bond donors (Lipinski definition) is 2. The summed E-state index contributed by atoms with van der Waals surface area (Å²) in [5.74, 6) is -2.00. The zero-order chi connectivity index (χ0) is 17.3. The summed E-state index contributed by atoms with van der Waals surface area (Å²) >= 11 is 0. The van der Waals surface area contributed by atoms with Crippen molar-refractivity contribution in [2.24, 2.45) is 0 Å². The smallest absolute Gasteiger partial charge is 0.335 e. The van der Waals surface area contributed by atoms with Gasteiger partial charge in [0.25, 0.3) is 5.91 Å². The molecule has 1 aromatic carbocycles. The lowest BCUT2D eigenvalue weighted by Gasteiger charge is -2.26. The van der Waals surface area contributed by atoms with Crippen LogP contribution in [-0.2, 0) is 5.54 Å². The summed E-state index contributed by atoms with van der Waals surface area (Å²) in [5, 5.41) is 15.6. The fraction of sp³-hybridized carbons (Fsp3) is 0.375. The van der Waals surface area contributed by atoms with E-state index < -0.39 is 23.2 Å². The molecule has 0 aliphatic heterocycles. The van der Waals surface area contributed by atoms with Crippen LogP contribution >= 0.6 is 0 Å². The molecule has 1 fully saturated rings. The lowest BCUT2D eigenvalue weighted by Crippen LogP contribution is -2.45. The van der Waals surface area contributed by atoms with Crippen LogP contribution in [0.4, 0.5) is 4.39 Å². The van der Waals surface area contributed by atoms with Crippen LogP contribution in [0.5, 0.6) is 0 Å². The van der Waals surface area contributed by atoms with E-state index >= 15 is 0 Å². The average molecular weight is 333 g/mol. The third-order valence-corrected chi connectivity index (χ3v) is 4.23. The number of benzene rings is 1. The largest absolute Gasteiger partial charge is 0.478 e. The van der Waals surface area contributed by atoms with Gasteiger partial charge in [-0.1, -0.05) is 18.0 Å². The minimum Gasteiger partial charge on any atom is -0.478 e. The Morgan fingerprint density at radius 3 is 2.58 bits per heavy atom. The SMILES string of the molecule is Cc1nc(C2(NC(=O)c3ccc(C(=O)O)cc3F)CCCC2)no1. The van der Waals surface area contributed by atoms with Crippen LogP contribution in [0.25, 0.3) is 0 Å². The lowest BCUT2D eigenvalue weighted by atomic mass is 9.95. The fourth-order valence-corrected chi connectivity index (χ4v) is 2.99. The van der Waals surface area contributed by atoms with Gasteiger partial charge in [-0.05, 0) is 31.0 Å². The predicted octanol–water partition coefficient (Wildman–Crippen LogP) is 2.41. The van der Waals surface area contributed by atoms with Gasteiger partial charge in [0.05, 0.1) is 11.1 Å². The fourth-order valence-electron chi connectivity index (χ4n) is 2.99. The van der Waals surface area contributed by atoms with Crippen molar-refractivity contribution < 1.29 is 23.6 Å². The Bertz CT molecular complexity index is 796. The maximum Gasteiger partial charge on any atom is 0.335 e. The number of nitrogens with one attached hydrogen (secondary N) is 1. The second-order valence-corrected chi connectivity index (χ2v) is 5.88. The van der Waals surface area contributed by atoms with Crippen LogP contribution in [-0.4, -0.2) is 27.1 Å². The molecule has 2 aromatic rings. The average Bonchev–Trinajstić information content (AvgIpc) is 3.17. The number of hydrogen-bond acceptors (Lipinski definition) is 5. The van der Waals surface area contributed by atoms with E-state index in [1.807, 2.05) is 0 Å². The molecule has 0 atom stereocenters. The van der Waals surface area contributed by atoms with E-state index in [1.165, 1.54) is 6.07 Å². The van der Waals surface area contributed by atoms with E-state index in [2.05, 4.69) is 15.5 Å². The van der Waals surface area contributed by atoms with E-state index in [-0.39, 0.29) is 11.1 Å². The zero-order valence-electron chi connectivity index (χ0n) is 13.0. The first-order valence-corrected chi connectivity index (χ1v) is 7.57. The van der Waals surface area contributed by atoms with E-state index in [1.54, 1.807) is 6.92 Å². The summed E-state index contributed by atoms with van der Waals surface area (Å²) in [6.45, 7) is 1.66. The number of rotatable bonds is 4. The Kier molecular flexibility index (Phi) is 4.04. The van der Waals surface area contributed by atoms with Gasteiger partial charge in [0, 0.05) is 6.92 Å². The molecule has 126 valence electrons. The highest BCUT2D eigenvalue weighted by atomic mass is 19.1. The van der Waals surface area contributed by atoms with Gasteiger partial charge in [0.2, 0.25) is 5.89 Å². The van der Waals surface area contributed by atoms with Crippen molar-refractivity contribution in [3.05, 3.63) is 46.9 Å². The van der Waals surface area contributed by atoms with Gasteiger partial charge in [-0.3, -0.25) is 4.79 Å². The van der Waals surface area contributed by atoms with Gasteiger partial charge >= 0.3 is 5.97 Å². The number of carbonyl (C=O) groups is 2. The number of carboxylic acid groups (broad SMARTS) is 1. The van der Waals surface area contributed by atoms with Gasteiger partial charge in [-0.2, -0.15) is 4.98 Å². The molecule has 1 aromatic heterocycles. The van der Waals surface area contributed by atoms with Crippen molar-refractivity contribution in [3.8, 4) is 0 Å². The predicted molar refractivity (Wildman–Crippen MR) is 80.0 cm³/mol. The summed E-state index contributed by atoms with van der Waals surface area (Å²) in [4.78, 5) is 27.6. The summed E-state index contributed by atoms with van der Waals surface area (Å²) in [7, 11) is 0. The summed E-state index contributed by atoms with van der Waals surface area (Å²) in [6.07, 6.45) is 3.03. The minimum absolute atomic E-state index is 0.214. The van der Waals surface area contributed by atoms with Crippen LogP contribution in [0, 0.1) is 12.7 Å². The molecule has 0 bridgehead atoms. The highest BCUT2D eigenvalue weighted by Crippen LogP contribution is 2.37.